The molecule has 0 amide bonds. The first-order valence-corrected chi connectivity index (χ1v) is 10.6. The summed E-state index contributed by atoms with van der Waals surface area (Å²) in [6.45, 7) is 7.92. The quantitative estimate of drug-likeness (QED) is 0.668. The molecule has 0 aromatic heterocycles. The zero-order chi connectivity index (χ0) is 19.1. The van der Waals surface area contributed by atoms with Gasteiger partial charge in [0.15, 0.2) is 5.78 Å². The Morgan fingerprint density at radius 1 is 1.08 bits per heavy atom. The normalized spacial score (nSPS) is 59.3. The summed E-state index contributed by atoms with van der Waals surface area (Å²) in [5.41, 5.74) is -1.77. The van der Waals surface area contributed by atoms with Gasteiger partial charge in [-0.3, -0.25) is 4.79 Å². The second kappa shape index (κ2) is 5.78. The Kier molecular flexibility index (Phi) is 4.20. The number of rotatable bonds is 1. The van der Waals surface area contributed by atoms with Crippen molar-refractivity contribution in [2.75, 3.05) is 0 Å². The van der Waals surface area contributed by atoms with Crippen LogP contribution in [0.2, 0.25) is 0 Å². The molecule has 4 aliphatic rings. The van der Waals surface area contributed by atoms with E-state index < -0.39 is 17.1 Å². The van der Waals surface area contributed by atoms with Crippen LogP contribution in [-0.4, -0.2) is 38.9 Å². The third kappa shape index (κ3) is 2.15. The van der Waals surface area contributed by atoms with Gasteiger partial charge in [0.1, 0.15) is 5.60 Å². The zero-order valence-corrected chi connectivity index (χ0v) is 16.7. The van der Waals surface area contributed by atoms with Crippen molar-refractivity contribution >= 4 is 5.78 Å². The molecule has 26 heavy (non-hydrogen) atoms. The second-order valence-corrected chi connectivity index (χ2v) is 10.7. The summed E-state index contributed by atoms with van der Waals surface area (Å²) >= 11 is 0. The minimum Gasteiger partial charge on any atom is -0.393 e. The fourth-order valence-electron chi connectivity index (χ4n) is 8.44. The summed E-state index contributed by atoms with van der Waals surface area (Å²) in [7, 11) is 0. The molecule has 3 N–H and O–H groups in total. The van der Waals surface area contributed by atoms with Gasteiger partial charge in [-0.2, -0.15) is 0 Å². The first-order chi connectivity index (χ1) is 12.1. The minimum absolute atomic E-state index is 0.0559. The SMILES string of the molecule is CC(=O)[C@@]1(O)[C@H](C)C[C@@H]2[C@H]3CC[C@@H]4C[C@H](O)CC[C@]4(C)[C@@H]3[C@H](O)C[C@@]21C. The van der Waals surface area contributed by atoms with Crippen LogP contribution in [0, 0.1) is 40.4 Å². The van der Waals surface area contributed by atoms with Gasteiger partial charge in [0.05, 0.1) is 12.2 Å². The summed E-state index contributed by atoms with van der Waals surface area (Å²) in [6, 6.07) is 0. The lowest BCUT2D eigenvalue weighted by Gasteiger charge is -2.62. The van der Waals surface area contributed by atoms with Crippen LogP contribution in [0.25, 0.3) is 0 Å². The minimum atomic E-state index is -1.32. The first-order valence-electron chi connectivity index (χ1n) is 10.6. The lowest BCUT2D eigenvalue weighted by molar-refractivity contribution is -0.203. The fourth-order valence-corrected chi connectivity index (χ4v) is 8.44. The van der Waals surface area contributed by atoms with Crippen LogP contribution in [0.15, 0.2) is 0 Å². The predicted octanol–water partition coefficient (Wildman–Crippen LogP) is 2.93. The Bertz CT molecular complexity index is 605. The highest BCUT2D eigenvalue weighted by molar-refractivity contribution is 5.86. The smallest absolute Gasteiger partial charge is 0.162 e. The second-order valence-electron chi connectivity index (χ2n) is 10.7. The maximum atomic E-state index is 12.5. The van der Waals surface area contributed by atoms with Gasteiger partial charge in [-0.15, -0.1) is 0 Å². The van der Waals surface area contributed by atoms with E-state index in [-0.39, 0.29) is 29.1 Å². The molecule has 4 fully saturated rings. The number of ketones is 1. The van der Waals surface area contributed by atoms with Crippen LogP contribution < -0.4 is 0 Å². The van der Waals surface area contributed by atoms with E-state index in [4.69, 9.17) is 0 Å². The van der Waals surface area contributed by atoms with Crippen LogP contribution in [0.4, 0.5) is 0 Å². The van der Waals surface area contributed by atoms with Crippen molar-refractivity contribution in [1.29, 1.82) is 0 Å². The van der Waals surface area contributed by atoms with Gasteiger partial charge in [0.2, 0.25) is 0 Å². The van der Waals surface area contributed by atoms with E-state index in [9.17, 15) is 20.1 Å². The Morgan fingerprint density at radius 2 is 1.77 bits per heavy atom. The Labute approximate surface area is 157 Å². The van der Waals surface area contributed by atoms with Crippen LogP contribution in [0.3, 0.4) is 0 Å². The Hall–Kier alpha value is -0.450. The van der Waals surface area contributed by atoms with Crippen molar-refractivity contribution < 1.29 is 20.1 Å². The molecule has 0 saturated heterocycles. The van der Waals surface area contributed by atoms with Gasteiger partial charge in [0.25, 0.3) is 0 Å². The van der Waals surface area contributed by atoms with Gasteiger partial charge < -0.3 is 15.3 Å². The maximum Gasteiger partial charge on any atom is 0.162 e. The number of hydrogen-bond acceptors (Lipinski definition) is 4. The summed E-state index contributed by atoms with van der Waals surface area (Å²) in [5, 5.41) is 32.9. The van der Waals surface area contributed by atoms with Gasteiger partial charge in [0, 0.05) is 5.41 Å². The Balaban J connectivity index is 1.73. The van der Waals surface area contributed by atoms with E-state index in [1.165, 1.54) is 6.92 Å². The molecule has 0 unspecified atom stereocenters. The standard InChI is InChI=1S/C22H36O4/c1-12-9-17-16-6-5-14-10-15(24)7-8-20(14,3)19(16)18(25)11-21(17,4)22(12,26)13(2)23/h12,14-19,24-26H,5-11H2,1-4H3/t12-,14-,15-,16-,17-,18-,19+,20+,21+,22+/m1/s1. The van der Waals surface area contributed by atoms with Gasteiger partial charge in [-0.25, -0.2) is 0 Å². The summed E-state index contributed by atoms with van der Waals surface area (Å²) in [6.07, 6.45) is 5.56. The van der Waals surface area contributed by atoms with E-state index in [1.54, 1.807) is 0 Å². The lowest BCUT2D eigenvalue weighted by atomic mass is 9.43. The highest BCUT2D eigenvalue weighted by Crippen LogP contribution is 2.69. The molecule has 0 heterocycles. The molecule has 10 atom stereocenters. The van der Waals surface area contributed by atoms with Gasteiger partial charge in [-0.05, 0) is 86.9 Å². The van der Waals surface area contributed by atoms with Crippen molar-refractivity contribution in [3.8, 4) is 0 Å². The van der Waals surface area contributed by atoms with Crippen molar-refractivity contribution in [1.82, 2.24) is 0 Å². The number of Topliss-reactive ketones (excluding diaryl/α,β-unsaturated/α-hetero) is 1. The van der Waals surface area contributed by atoms with Crippen LogP contribution >= 0.6 is 0 Å². The monoisotopic (exact) mass is 364 g/mol. The van der Waals surface area contributed by atoms with Crippen molar-refractivity contribution in [3.63, 3.8) is 0 Å². The van der Waals surface area contributed by atoms with E-state index >= 15 is 0 Å². The number of carbonyl (C=O) groups is 1. The van der Waals surface area contributed by atoms with E-state index in [0.717, 1.165) is 38.5 Å². The molecule has 4 saturated carbocycles. The molecule has 0 aliphatic heterocycles. The maximum absolute atomic E-state index is 12.5. The molecular weight excluding hydrogens is 328 g/mol. The molecule has 0 spiro atoms. The van der Waals surface area contributed by atoms with Crippen molar-refractivity contribution in [2.24, 2.45) is 40.4 Å². The predicted molar refractivity (Wildman–Crippen MR) is 99.3 cm³/mol. The van der Waals surface area contributed by atoms with Crippen LogP contribution in [0.1, 0.15) is 72.6 Å². The molecule has 0 bridgehead atoms. The van der Waals surface area contributed by atoms with E-state index in [1.807, 2.05) is 6.92 Å². The molecule has 0 radical (unpaired) electrons. The fraction of sp³-hybridized carbons (Fsp3) is 0.955. The summed E-state index contributed by atoms with van der Waals surface area (Å²) in [5.74, 6) is 1.19. The highest BCUT2D eigenvalue weighted by Gasteiger charge is 2.70. The third-order valence-electron chi connectivity index (χ3n) is 9.69. The van der Waals surface area contributed by atoms with Crippen molar-refractivity contribution in [3.05, 3.63) is 0 Å². The summed E-state index contributed by atoms with van der Waals surface area (Å²) in [4.78, 5) is 12.5. The lowest BCUT2D eigenvalue weighted by Crippen LogP contribution is -2.63. The highest BCUT2D eigenvalue weighted by atomic mass is 16.3. The van der Waals surface area contributed by atoms with Crippen LogP contribution in [0.5, 0.6) is 0 Å². The third-order valence-corrected chi connectivity index (χ3v) is 9.69. The van der Waals surface area contributed by atoms with E-state index in [0.29, 0.717) is 24.2 Å². The summed E-state index contributed by atoms with van der Waals surface area (Å²) < 4.78 is 0. The number of aliphatic hydroxyl groups excluding tert-OH is 2. The van der Waals surface area contributed by atoms with Gasteiger partial charge >= 0.3 is 0 Å². The topological polar surface area (TPSA) is 77.8 Å². The molecular formula is C22H36O4. The largest absolute Gasteiger partial charge is 0.393 e. The molecule has 148 valence electrons. The average Bonchev–Trinajstić information content (AvgIpc) is 2.76. The number of aliphatic hydroxyl groups is 3. The number of carbonyl (C=O) groups excluding carboxylic acids is 1. The molecule has 4 aliphatic carbocycles. The van der Waals surface area contributed by atoms with Crippen molar-refractivity contribution in [2.45, 2.75) is 90.4 Å². The zero-order valence-electron chi connectivity index (χ0n) is 16.7. The van der Waals surface area contributed by atoms with E-state index in [2.05, 4.69) is 13.8 Å². The first kappa shape index (κ1) is 18.9. The molecule has 4 rings (SSSR count). The number of fused-ring (bicyclic) bond motifs is 5. The average molecular weight is 365 g/mol. The molecule has 0 aromatic rings. The Morgan fingerprint density at radius 3 is 2.42 bits per heavy atom. The molecule has 4 nitrogen and oxygen atoms in total. The number of hydrogen-bond donors (Lipinski definition) is 3. The molecule has 0 aromatic carbocycles. The molecule has 4 heteroatoms. The van der Waals surface area contributed by atoms with Gasteiger partial charge in [-0.1, -0.05) is 20.8 Å². The van der Waals surface area contributed by atoms with Crippen LogP contribution in [-0.2, 0) is 4.79 Å².